The molecule has 130 valence electrons. The zero-order valence-electron chi connectivity index (χ0n) is 13.7. The quantitative estimate of drug-likeness (QED) is 0.321. The zero-order chi connectivity index (χ0) is 18.3. The van der Waals surface area contributed by atoms with Gasteiger partial charge in [0.15, 0.2) is 5.78 Å². The van der Waals surface area contributed by atoms with Crippen molar-refractivity contribution in [1.82, 2.24) is 0 Å². The Morgan fingerprint density at radius 2 is 1.71 bits per heavy atom. The molecule has 24 heavy (non-hydrogen) atoms. The summed E-state index contributed by atoms with van der Waals surface area (Å²) in [6.07, 6.45) is 0.765. The van der Waals surface area contributed by atoms with Gasteiger partial charge in [-0.3, -0.25) is 4.79 Å². The molecule has 0 aliphatic rings. The van der Waals surface area contributed by atoms with E-state index in [1.54, 1.807) is 12.1 Å². The molecule has 1 aromatic rings. The molecule has 0 saturated heterocycles. The molecular weight excluding hydrogens is 316 g/mol. The van der Waals surface area contributed by atoms with Gasteiger partial charge in [-0.05, 0) is 45.0 Å². The van der Waals surface area contributed by atoms with Crippen LogP contribution in [0.4, 0.5) is 0 Å². The molecule has 1 rings (SSSR count). The fraction of sp³-hybridized carbons (Fsp3) is 0.353. The van der Waals surface area contributed by atoms with Gasteiger partial charge in [0, 0.05) is 17.2 Å². The summed E-state index contributed by atoms with van der Waals surface area (Å²) in [6, 6.07) is 6.19. The van der Waals surface area contributed by atoms with Gasteiger partial charge in [-0.1, -0.05) is 0 Å². The molecule has 0 spiro atoms. The SMILES string of the molecule is C/C(=C/C(=O)O)C(=O)OCCOc1ccc(C(=O)C(C)(C)O)cc1. The minimum atomic E-state index is -1.45. The van der Waals surface area contributed by atoms with E-state index >= 15 is 0 Å². The first kappa shape index (κ1) is 19.4. The third-order valence-corrected chi connectivity index (χ3v) is 2.92. The van der Waals surface area contributed by atoms with E-state index in [-0.39, 0.29) is 18.8 Å². The topological polar surface area (TPSA) is 110 Å². The van der Waals surface area contributed by atoms with Gasteiger partial charge < -0.3 is 19.7 Å². The molecule has 0 heterocycles. The minimum absolute atomic E-state index is 0.0167. The summed E-state index contributed by atoms with van der Waals surface area (Å²) in [5, 5.41) is 18.2. The van der Waals surface area contributed by atoms with Crippen LogP contribution in [0.1, 0.15) is 31.1 Å². The Morgan fingerprint density at radius 3 is 2.21 bits per heavy atom. The van der Waals surface area contributed by atoms with Crippen molar-refractivity contribution < 1.29 is 34.1 Å². The Morgan fingerprint density at radius 1 is 1.12 bits per heavy atom. The zero-order valence-corrected chi connectivity index (χ0v) is 13.7. The van der Waals surface area contributed by atoms with Gasteiger partial charge in [-0.25, -0.2) is 9.59 Å². The predicted molar refractivity (Wildman–Crippen MR) is 84.9 cm³/mol. The lowest BCUT2D eigenvalue weighted by Gasteiger charge is -2.15. The molecule has 0 aromatic heterocycles. The largest absolute Gasteiger partial charge is 0.490 e. The van der Waals surface area contributed by atoms with Gasteiger partial charge in [-0.2, -0.15) is 0 Å². The normalized spacial score (nSPS) is 11.8. The van der Waals surface area contributed by atoms with Gasteiger partial charge >= 0.3 is 11.9 Å². The number of carbonyl (C=O) groups excluding carboxylic acids is 2. The summed E-state index contributed by atoms with van der Waals surface area (Å²) >= 11 is 0. The number of aliphatic hydroxyl groups is 1. The third-order valence-electron chi connectivity index (χ3n) is 2.92. The summed E-state index contributed by atoms with van der Waals surface area (Å²) in [6.45, 7) is 4.19. The average molecular weight is 336 g/mol. The fourth-order valence-corrected chi connectivity index (χ4v) is 1.71. The van der Waals surface area contributed by atoms with Crippen LogP contribution < -0.4 is 4.74 Å². The lowest BCUT2D eigenvalue weighted by atomic mass is 9.97. The van der Waals surface area contributed by atoms with Crippen molar-refractivity contribution >= 4 is 17.7 Å². The van der Waals surface area contributed by atoms with Crippen LogP contribution in [0.2, 0.25) is 0 Å². The van der Waals surface area contributed by atoms with E-state index in [4.69, 9.17) is 14.6 Å². The molecule has 7 heteroatoms. The van der Waals surface area contributed by atoms with Crippen LogP contribution in [0.15, 0.2) is 35.9 Å². The van der Waals surface area contributed by atoms with E-state index in [1.165, 1.54) is 32.9 Å². The highest BCUT2D eigenvalue weighted by Gasteiger charge is 2.24. The molecule has 0 fully saturated rings. The van der Waals surface area contributed by atoms with Gasteiger partial charge in [-0.15, -0.1) is 0 Å². The Labute approximate surface area is 139 Å². The molecule has 0 unspecified atom stereocenters. The number of aliphatic carboxylic acids is 1. The first-order valence-electron chi connectivity index (χ1n) is 7.19. The van der Waals surface area contributed by atoms with Gasteiger partial charge in [0.05, 0.1) is 0 Å². The van der Waals surface area contributed by atoms with Crippen molar-refractivity contribution in [3.8, 4) is 5.75 Å². The fourth-order valence-electron chi connectivity index (χ4n) is 1.71. The van der Waals surface area contributed by atoms with Gasteiger partial charge in [0.1, 0.15) is 24.6 Å². The predicted octanol–water partition coefficient (Wildman–Crippen LogP) is 1.59. The summed E-state index contributed by atoms with van der Waals surface area (Å²) in [5.74, 6) is -1.88. The van der Waals surface area contributed by atoms with Crippen LogP contribution in [0.3, 0.4) is 0 Å². The first-order chi connectivity index (χ1) is 11.1. The van der Waals surface area contributed by atoms with Crippen molar-refractivity contribution in [2.75, 3.05) is 13.2 Å². The number of hydrogen-bond donors (Lipinski definition) is 2. The van der Waals surface area contributed by atoms with E-state index in [0.29, 0.717) is 11.3 Å². The number of carboxylic acids is 1. The molecule has 0 bridgehead atoms. The number of Topliss-reactive ketones (excluding diaryl/α,β-unsaturated/α-hetero) is 1. The number of hydrogen-bond acceptors (Lipinski definition) is 6. The van der Waals surface area contributed by atoms with E-state index in [0.717, 1.165) is 6.08 Å². The second kappa shape index (κ2) is 8.26. The van der Waals surface area contributed by atoms with Gasteiger partial charge in [0.25, 0.3) is 0 Å². The molecule has 1 aromatic carbocycles. The first-order valence-corrected chi connectivity index (χ1v) is 7.19. The Hall–Kier alpha value is -2.67. The Kier molecular flexibility index (Phi) is 6.67. The van der Waals surface area contributed by atoms with Crippen LogP contribution in [0.25, 0.3) is 0 Å². The second-order valence-corrected chi connectivity index (χ2v) is 5.56. The molecule has 2 N–H and O–H groups in total. The van der Waals surface area contributed by atoms with Crippen molar-refractivity contribution in [3.63, 3.8) is 0 Å². The van der Waals surface area contributed by atoms with Crippen LogP contribution in [0, 0.1) is 0 Å². The monoisotopic (exact) mass is 336 g/mol. The molecule has 0 atom stereocenters. The van der Waals surface area contributed by atoms with E-state index in [2.05, 4.69) is 0 Å². The number of carbonyl (C=O) groups is 3. The third kappa shape index (κ3) is 6.21. The highest BCUT2D eigenvalue weighted by atomic mass is 16.6. The number of esters is 1. The van der Waals surface area contributed by atoms with Crippen LogP contribution in [-0.2, 0) is 14.3 Å². The second-order valence-electron chi connectivity index (χ2n) is 5.56. The highest BCUT2D eigenvalue weighted by Crippen LogP contribution is 2.17. The minimum Gasteiger partial charge on any atom is -0.490 e. The lowest BCUT2D eigenvalue weighted by Crippen LogP contribution is -2.30. The Bertz CT molecular complexity index is 636. The molecule has 7 nitrogen and oxygen atoms in total. The van der Waals surface area contributed by atoms with Crippen LogP contribution >= 0.6 is 0 Å². The van der Waals surface area contributed by atoms with Crippen LogP contribution in [-0.4, -0.2) is 46.7 Å². The lowest BCUT2D eigenvalue weighted by molar-refractivity contribution is -0.140. The maximum Gasteiger partial charge on any atom is 0.334 e. The maximum absolute atomic E-state index is 11.9. The summed E-state index contributed by atoms with van der Waals surface area (Å²) in [4.78, 5) is 33.7. The summed E-state index contributed by atoms with van der Waals surface area (Å²) in [5.41, 5.74) is -1.11. The standard InChI is InChI=1S/C17H20O7/c1-11(10-14(18)19)16(21)24-9-8-23-13-6-4-12(5-7-13)15(20)17(2,3)22/h4-7,10,22H,8-9H2,1-3H3,(H,18,19)/b11-10-. The molecular formula is C17H20O7. The average Bonchev–Trinajstić information content (AvgIpc) is 2.49. The molecule has 0 amide bonds. The number of carboxylic acid groups (broad SMARTS) is 1. The van der Waals surface area contributed by atoms with E-state index < -0.39 is 23.3 Å². The highest BCUT2D eigenvalue weighted by molar-refractivity contribution is 6.01. The van der Waals surface area contributed by atoms with Crippen molar-refractivity contribution in [2.24, 2.45) is 0 Å². The van der Waals surface area contributed by atoms with Crippen LogP contribution in [0.5, 0.6) is 5.75 Å². The van der Waals surface area contributed by atoms with E-state index in [1.807, 2.05) is 0 Å². The van der Waals surface area contributed by atoms with Crippen molar-refractivity contribution in [1.29, 1.82) is 0 Å². The number of benzene rings is 1. The van der Waals surface area contributed by atoms with Crippen molar-refractivity contribution in [3.05, 3.63) is 41.5 Å². The van der Waals surface area contributed by atoms with Gasteiger partial charge in [0.2, 0.25) is 0 Å². The number of ether oxygens (including phenoxy) is 2. The number of ketones is 1. The van der Waals surface area contributed by atoms with E-state index in [9.17, 15) is 19.5 Å². The molecule has 0 aliphatic carbocycles. The molecule has 0 saturated carbocycles. The molecule has 0 radical (unpaired) electrons. The summed E-state index contributed by atoms with van der Waals surface area (Å²) in [7, 11) is 0. The Balaban J connectivity index is 2.45. The molecule has 0 aliphatic heterocycles. The summed E-state index contributed by atoms with van der Waals surface area (Å²) < 4.78 is 10.2. The smallest absolute Gasteiger partial charge is 0.334 e. The maximum atomic E-state index is 11.9. The van der Waals surface area contributed by atoms with Crippen molar-refractivity contribution in [2.45, 2.75) is 26.4 Å². The number of rotatable bonds is 8.